The van der Waals surface area contributed by atoms with Gasteiger partial charge in [0, 0.05) is 11.3 Å². The van der Waals surface area contributed by atoms with Crippen LogP contribution in [0.15, 0.2) is 11.3 Å². The Morgan fingerprint density at radius 2 is 2.00 bits per heavy atom. The maximum absolute atomic E-state index is 8.12. The van der Waals surface area contributed by atoms with Gasteiger partial charge in [-0.05, 0) is 13.8 Å². The fourth-order valence-electron chi connectivity index (χ4n) is 0.0882. The van der Waals surface area contributed by atoms with Gasteiger partial charge in [0.15, 0.2) is 0 Å². The van der Waals surface area contributed by atoms with Crippen molar-refractivity contribution < 1.29 is 0 Å². The van der Waals surface area contributed by atoms with Gasteiger partial charge in [-0.15, -0.1) is 0 Å². The Morgan fingerprint density at radius 1 is 1.57 bits per heavy atom. The smallest absolute Gasteiger partial charge is 0.0962 e. The zero-order valence-electron chi connectivity index (χ0n) is 4.52. The van der Waals surface area contributed by atoms with Crippen LogP contribution in [0.3, 0.4) is 0 Å². The van der Waals surface area contributed by atoms with Gasteiger partial charge in [-0.3, -0.25) is 0 Å². The monoisotopic (exact) mass is 96.1 g/mol. The van der Waals surface area contributed by atoms with Crippen LogP contribution in [0.4, 0.5) is 0 Å². The molecule has 0 rings (SSSR count). The zero-order valence-corrected chi connectivity index (χ0v) is 4.52. The molecule has 0 unspecified atom stereocenters. The van der Waals surface area contributed by atoms with Crippen LogP contribution in [0.5, 0.6) is 0 Å². The van der Waals surface area contributed by atoms with Crippen molar-refractivity contribution in [1.82, 2.24) is 0 Å². The predicted octanol–water partition coefficient (Wildman–Crippen LogP) is 0.763. The lowest BCUT2D eigenvalue weighted by atomic mass is 10.3. The molecule has 2 heteroatoms. The van der Waals surface area contributed by atoms with Crippen molar-refractivity contribution in [2.75, 3.05) is 0 Å². The number of rotatable bonds is 0. The number of nitriles is 1. The largest absolute Gasteiger partial charge is 0.401 e. The fourth-order valence-corrected chi connectivity index (χ4v) is 0.0882. The molecule has 0 aromatic carbocycles. The summed E-state index contributed by atoms with van der Waals surface area (Å²) in [5, 5.41) is 8.12. The Hall–Kier alpha value is -0.970. The van der Waals surface area contributed by atoms with E-state index in [-0.39, 0.29) is 0 Å². The van der Waals surface area contributed by atoms with Crippen LogP contribution < -0.4 is 5.73 Å². The van der Waals surface area contributed by atoms with Crippen molar-refractivity contribution in [3.63, 3.8) is 0 Å². The summed E-state index contributed by atoms with van der Waals surface area (Å²) in [6.45, 7) is 3.40. The van der Waals surface area contributed by atoms with Gasteiger partial charge in [0.2, 0.25) is 0 Å². The van der Waals surface area contributed by atoms with Crippen molar-refractivity contribution in [2.24, 2.45) is 5.73 Å². The topological polar surface area (TPSA) is 49.8 Å². The van der Waals surface area contributed by atoms with Crippen molar-refractivity contribution in [1.29, 1.82) is 5.26 Å². The van der Waals surface area contributed by atoms with E-state index in [9.17, 15) is 0 Å². The van der Waals surface area contributed by atoms with Crippen LogP contribution in [0.25, 0.3) is 0 Å². The number of allylic oxidation sites excluding steroid dienone is 2. The van der Waals surface area contributed by atoms with Crippen LogP contribution >= 0.6 is 0 Å². The van der Waals surface area contributed by atoms with E-state index in [0.717, 1.165) is 0 Å². The normalized spacial score (nSPS) is 12.1. The predicted molar refractivity (Wildman–Crippen MR) is 28.2 cm³/mol. The zero-order chi connectivity index (χ0) is 5.86. The molecule has 0 radical (unpaired) electrons. The number of nitrogens with two attached hydrogens (primary N) is 1. The molecular weight excluding hydrogens is 88.1 g/mol. The first kappa shape index (κ1) is 6.03. The second kappa shape index (κ2) is 2.25. The molecule has 0 bridgehead atoms. The molecule has 2 nitrogen and oxygen atoms in total. The van der Waals surface area contributed by atoms with Crippen LogP contribution in [0.1, 0.15) is 13.8 Å². The molecule has 0 aromatic rings. The van der Waals surface area contributed by atoms with Gasteiger partial charge in [0.1, 0.15) is 0 Å². The SMILES string of the molecule is C/C(N)=C(\C)C#N. The molecule has 0 aliphatic rings. The van der Waals surface area contributed by atoms with Gasteiger partial charge in [0.05, 0.1) is 6.07 Å². The summed E-state index contributed by atoms with van der Waals surface area (Å²) in [6, 6.07) is 1.92. The van der Waals surface area contributed by atoms with Crippen molar-refractivity contribution in [2.45, 2.75) is 13.8 Å². The minimum Gasteiger partial charge on any atom is -0.401 e. The first-order valence-corrected chi connectivity index (χ1v) is 2.01. The van der Waals surface area contributed by atoms with Gasteiger partial charge < -0.3 is 5.73 Å². The number of nitrogens with zero attached hydrogens (tertiary/aromatic N) is 1. The molecule has 2 N–H and O–H groups in total. The van der Waals surface area contributed by atoms with E-state index < -0.39 is 0 Å². The Bertz CT molecular complexity index is 124. The molecule has 0 saturated heterocycles. The fraction of sp³-hybridized carbons (Fsp3) is 0.400. The highest BCUT2D eigenvalue weighted by atomic mass is 14.6. The molecule has 0 aliphatic carbocycles. The molecule has 0 aliphatic heterocycles. The quantitative estimate of drug-likeness (QED) is 0.452. The molecule has 0 heterocycles. The molecule has 0 spiro atoms. The molecular formula is C5H8N2. The molecule has 7 heavy (non-hydrogen) atoms. The second-order valence-corrected chi connectivity index (χ2v) is 1.42. The Balaban J connectivity index is 4.07. The van der Waals surface area contributed by atoms with E-state index in [4.69, 9.17) is 11.0 Å². The van der Waals surface area contributed by atoms with Gasteiger partial charge in [-0.1, -0.05) is 0 Å². The first-order chi connectivity index (χ1) is 3.18. The van der Waals surface area contributed by atoms with E-state index in [0.29, 0.717) is 11.3 Å². The summed E-state index contributed by atoms with van der Waals surface area (Å²) in [5.41, 5.74) is 6.40. The summed E-state index contributed by atoms with van der Waals surface area (Å²) in [5.74, 6) is 0. The summed E-state index contributed by atoms with van der Waals surface area (Å²) < 4.78 is 0. The third-order valence-corrected chi connectivity index (χ3v) is 0.759. The summed E-state index contributed by atoms with van der Waals surface area (Å²) >= 11 is 0. The number of hydrogen-bond acceptors (Lipinski definition) is 2. The van der Waals surface area contributed by atoms with E-state index in [1.165, 1.54) is 0 Å². The van der Waals surface area contributed by atoms with E-state index >= 15 is 0 Å². The Morgan fingerprint density at radius 3 is 2.00 bits per heavy atom. The third kappa shape index (κ3) is 1.83. The minimum absolute atomic E-state index is 0.597. The standard InChI is InChI=1S/C5H8N2/c1-4(3-6)5(2)7/h7H2,1-2H3/b5-4-. The van der Waals surface area contributed by atoms with Crippen LogP contribution in [0.2, 0.25) is 0 Å². The lowest BCUT2D eigenvalue weighted by molar-refractivity contribution is 1.24. The highest BCUT2D eigenvalue weighted by Crippen LogP contribution is 1.90. The van der Waals surface area contributed by atoms with Gasteiger partial charge in [-0.25, -0.2) is 0 Å². The number of hydrogen-bond donors (Lipinski definition) is 1. The summed E-state index contributed by atoms with van der Waals surface area (Å²) in [7, 11) is 0. The summed E-state index contributed by atoms with van der Waals surface area (Å²) in [4.78, 5) is 0. The molecule has 0 fully saturated rings. The van der Waals surface area contributed by atoms with E-state index in [2.05, 4.69) is 0 Å². The molecule has 38 valence electrons. The average Bonchev–Trinajstić information content (AvgIpc) is 1.65. The van der Waals surface area contributed by atoms with Crippen LogP contribution in [0, 0.1) is 11.3 Å². The Kier molecular flexibility index (Phi) is 1.94. The molecule has 0 amide bonds. The van der Waals surface area contributed by atoms with E-state index in [1.807, 2.05) is 6.07 Å². The van der Waals surface area contributed by atoms with Gasteiger partial charge in [0.25, 0.3) is 0 Å². The lowest BCUT2D eigenvalue weighted by Gasteiger charge is -1.85. The van der Waals surface area contributed by atoms with Crippen molar-refractivity contribution >= 4 is 0 Å². The van der Waals surface area contributed by atoms with Crippen LogP contribution in [-0.2, 0) is 0 Å². The second-order valence-electron chi connectivity index (χ2n) is 1.42. The lowest BCUT2D eigenvalue weighted by Crippen LogP contribution is -1.92. The van der Waals surface area contributed by atoms with Crippen molar-refractivity contribution in [3.8, 4) is 6.07 Å². The highest BCUT2D eigenvalue weighted by molar-refractivity contribution is 5.21. The van der Waals surface area contributed by atoms with E-state index in [1.54, 1.807) is 13.8 Å². The maximum atomic E-state index is 8.12. The highest BCUT2D eigenvalue weighted by Gasteiger charge is 1.83. The average molecular weight is 96.1 g/mol. The van der Waals surface area contributed by atoms with Gasteiger partial charge in [-0.2, -0.15) is 5.26 Å². The first-order valence-electron chi connectivity index (χ1n) is 2.01. The Labute approximate surface area is 43.2 Å². The van der Waals surface area contributed by atoms with Crippen molar-refractivity contribution in [3.05, 3.63) is 11.3 Å². The maximum Gasteiger partial charge on any atom is 0.0962 e. The molecule has 0 aromatic heterocycles. The molecule has 0 saturated carbocycles. The summed E-state index contributed by atoms with van der Waals surface area (Å²) in [6.07, 6.45) is 0. The van der Waals surface area contributed by atoms with Crippen LogP contribution in [-0.4, -0.2) is 0 Å². The van der Waals surface area contributed by atoms with Gasteiger partial charge >= 0.3 is 0 Å². The minimum atomic E-state index is 0.597. The third-order valence-electron chi connectivity index (χ3n) is 0.759. The molecule has 0 atom stereocenters.